The van der Waals surface area contributed by atoms with E-state index >= 15 is 0 Å². The number of hydrogen-bond donors (Lipinski definition) is 2. The van der Waals surface area contributed by atoms with E-state index in [0.717, 1.165) is 39.0 Å². The molecule has 3 rings (SSSR count). The van der Waals surface area contributed by atoms with Gasteiger partial charge in [-0.15, -0.1) is 11.8 Å². The molecule has 28 heavy (non-hydrogen) atoms. The van der Waals surface area contributed by atoms with Gasteiger partial charge in [0.2, 0.25) is 5.91 Å². The predicted octanol–water partition coefficient (Wildman–Crippen LogP) is 2.65. The van der Waals surface area contributed by atoms with Crippen LogP contribution < -0.4 is 20.3 Å². The Morgan fingerprint density at radius 1 is 1.21 bits per heavy atom. The SMILES string of the molecule is COc1ccc(CNC(=O)CNC(=O)N2CCSc3nc(C)cc(C)c32)cc1. The van der Waals surface area contributed by atoms with Crippen LogP contribution in [0.5, 0.6) is 5.75 Å². The van der Waals surface area contributed by atoms with Gasteiger partial charge in [0.25, 0.3) is 0 Å². The molecule has 1 aromatic carbocycles. The van der Waals surface area contributed by atoms with Gasteiger partial charge in [-0.25, -0.2) is 9.78 Å². The molecule has 0 spiro atoms. The van der Waals surface area contributed by atoms with E-state index in [1.54, 1.807) is 23.8 Å². The Morgan fingerprint density at radius 2 is 1.96 bits per heavy atom. The fourth-order valence-electron chi connectivity index (χ4n) is 3.03. The minimum atomic E-state index is -0.282. The molecule has 2 heterocycles. The number of urea groups is 1. The highest BCUT2D eigenvalue weighted by Crippen LogP contribution is 2.36. The quantitative estimate of drug-likeness (QED) is 0.806. The van der Waals surface area contributed by atoms with Crippen molar-refractivity contribution >= 4 is 29.4 Å². The summed E-state index contributed by atoms with van der Waals surface area (Å²) >= 11 is 1.65. The normalized spacial score (nSPS) is 12.9. The number of rotatable bonds is 5. The van der Waals surface area contributed by atoms with Gasteiger partial charge < -0.3 is 15.4 Å². The average Bonchev–Trinajstić information content (AvgIpc) is 2.70. The van der Waals surface area contributed by atoms with Crippen LogP contribution in [0.15, 0.2) is 35.4 Å². The summed E-state index contributed by atoms with van der Waals surface area (Å²) in [5.41, 5.74) is 3.73. The summed E-state index contributed by atoms with van der Waals surface area (Å²) in [4.78, 5) is 30.9. The monoisotopic (exact) mass is 400 g/mol. The van der Waals surface area contributed by atoms with Gasteiger partial charge in [0.15, 0.2) is 0 Å². The molecule has 0 aliphatic carbocycles. The smallest absolute Gasteiger partial charge is 0.322 e. The van der Waals surface area contributed by atoms with Crippen LogP contribution in [0, 0.1) is 13.8 Å². The minimum absolute atomic E-state index is 0.0771. The third kappa shape index (κ3) is 4.75. The molecule has 0 bridgehead atoms. The van der Waals surface area contributed by atoms with Crippen LogP contribution in [-0.4, -0.2) is 42.9 Å². The first-order valence-corrected chi connectivity index (χ1v) is 10.0. The van der Waals surface area contributed by atoms with Gasteiger partial charge in [-0.05, 0) is 43.2 Å². The van der Waals surface area contributed by atoms with Crippen molar-refractivity contribution in [2.75, 3.05) is 30.9 Å². The number of benzene rings is 1. The van der Waals surface area contributed by atoms with E-state index in [4.69, 9.17) is 4.74 Å². The average molecular weight is 401 g/mol. The molecule has 3 amide bonds. The van der Waals surface area contributed by atoms with Gasteiger partial charge in [-0.3, -0.25) is 9.69 Å². The molecule has 0 unspecified atom stereocenters. The molecule has 1 aliphatic rings. The van der Waals surface area contributed by atoms with E-state index in [1.165, 1.54) is 0 Å². The highest BCUT2D eigenvalue weighted by Gasteiger charge is 2.26. The fraction of sp³-hybridized carbons (Fsp3) is 0.350. The van der Waals surface area contributed by atoms with E-state index in [0.29, 0.717) is 13.1 Å². The second-order valence-electron chi connectivity index (χ2n) is 6.52. The molecule has 1 aliphatic heterocycles. The Balaban J connectivity index is 1.54. The second-order valence-corrected chi connectivity index (χ2v) is 7.60. The van der Waals surface area contributed by atoms with E-state index in [1.807, 2.05) is 44.2 Å². The number of aryl methyl sites for hydroxylation is 2. The van der Waals surface area contributed by atoms with Crippen molar-refractivity contribution in [1.29, 1.82) is 0 Å². The zero-order valence-corrected chi connectivity index (χ0v) is 17.1. The number of carbonyl (C=O) groups is 2. The third-order valence-corrected chi connectivity index (χ3v) is 5.34. The number of aromatic nitrogens is 1. The lowest BCUT2D eigenvalue weighted by Crippen LogP contribution is -2.46. The Bertz CT molecular complexity index is 870. The van der Waals surface area contributed by atoms with E-state index < -0.39 is 0 Å². The highest BCUT2D eigenvalue weighted by molar-refractivity contribution is 7.99. The molecule has 8 heteroatoms. The topological polar surface area (TPSA) is 83.6 Å². The highest BCUT2D eigenvalue weighted by atomic mass is 32.2. The largest absolute Gasteiger partial charge is 0.497 e. The van der Waals surface area contributed by atoms with Crippen molar-refractivity contribution in [3.05, 3.63) is 47.2 Å². The number of thioether (sulfide) groups is 1. The van der Waals surface area contributed by atoms with Crippen molar-refractivity contribution in [1.82, 2.24) is 15.6 Å². The first-order valence-electron chi connectivity index (χ1n) is 9.04. The lowest BCUT2D eigenvalue weighted by atomic mass is 10.2. The lowest BCUT2D eigenvalue weighted by molar-refractivity contribution is -0.120. The summed E-state index contributed by atoms with van der Waals surface area (Å²) in [5.74, 6) is 1.30. The lowest BCUT2D eigenvalue weighted by Gasteiger charge is -2.30. The van der Waals surface area contributed by atoms with Crippen LogP contribution in [0.4, 0.5) is 10.5 Å². The molecule has 0 fully saturated rings. The number of nitrogens with one attached hydrogen (secondary N) is 2. The number of pyridine rings is 1. The third-order valence-electron chi connectivity index (χ3n) is 4.40. The van der Waals surface area contributed by atoms with Gasteiger partial charge in [-0.2, -0.15) is 0 Å². The summed E-state index contributed by atoms with van der Waals surface area (Å²) < 4.78 is 5.11. The number of methoxy groups -OCH3 is 1. The number of ether oxygens (including phenoxy) is 1. The summed E-state index contributed by atoms with van der Waals surface area (Å²) in [7, 11) is 1.61. The molecule has 2 aromatic rings. The van der Waals surface area contributed by atoms with E-state index in [2.05, 4.69) is 15.6 Å². The number of carbonyl (C=O) groups excluding carboxylic acids is 2. The Hall–Kier alpha value is -2.74. The molecule has 2 N–H and O–H groups in total. The number of fused-ring (bicyclic) bond motifs is 1. The first-order chi connectivity index (χ1) is 13.5. The molecule has 1 aromatic heterocycles. The summed E-state index contributed by atoms with van der Waals surface area (Å²) in [5, 5.41) is 6.37. The first kappa shape index (κ1) is 20.0. The summed E-state index contributed by atoms with van der Waals surface area (Å²) in [6, 6.07) is 9.14. The zero-order valence-electron chi connectivity index (χ0n) is 16.2. The predicted molar refractivity (Wildman–Crippen MR) is 110 cm³/mol. The van der Waals surface area contributed by atoms with Crippen molar-refractivity contribution < 1.29 is 14.3 Å². The molecule has 148 valence electrons. The molecule has 0 atom stereocenters. The maximum absolute atomic E-state index is 12.6. The number of nitrogens with zero attached hydrogens (tertiary/aromatic N) is 2. The standard InChI is InChI=1S/C20H24N4O3S/c1-13-10-14(2)23-19-18(13)24(8-9-28-19)20(26)22-12-17(25)21-11-15-4-6-16(27-3)7-5-15/h4-7,10H,8-9,11-12H2,1-3H3,(H,21,25)(H,22,26). The molecule has 0 saturated heterocycles. The molecular formula is C20H24N4O3S. The fourth-order valence-corrected chi connectivity index (χ4v) is 4.11. The Kier molecular flexibility index (Phi) is 6.41. The van der Waals surface area contributed by atoms with Crippen LogP contribution in [-0.2, 0) is 11.3 Å². The van der Waals surface area contributed by atoms with Crippen molar-refractivity contribution in [2.45, 2.75) is 25.4 Å². The minimum Gasteiger partial charge on any atom is -0.497 e. The van der Waals surface area contributed by atoms with E-state index in [9.17, 15) is 9.59 Å². The summed E-state index contributed by atoms with van der Waals surface area (Å²) in [6.07, 6.45) is 0. The second kappa shape index (κ2) is 8.97. The van der Waals surface area contributed by atoms with Crippen LogP contribution in [0.2, 0.25) is 0 Å². The Morgan fingerprint density at radius 3 is 2.68 bits per heavy atom. The van der Waals surface area contributed by atoms with E-state index in [-0.39, 0.29) is 18.5 Å². The van der Waals surface area contributed by atoms with Crippen LogP contribution >= 0.6 is 11.8 Å². The molecule has 7 nitrogen and oxygen atoms in total. The van der Waals surface area contributed by atoms with Crippen LogP contribution in [0.3, 0.4) is 0 Å². The van der Waals surface area contributed by atoms with Crippen molar-refractivity contribution in [2.24, 2.45) is 0 Å². The van der Waals surface area contributed by atoms with Gasteiger partial charge in [0.05, 0.1) is 19.3 Å². The molecule has 0 radical (unpaired) electrons. The van der Waals surface area contributed by atoms with Gasteiger partial charge in [-0.1, -0.05) is 12.1 Å². The number of anilines is 1. The molecule has 0 saturated carbocycles. The van der Waals surface area contributed by atoms with Gasteiger partial charge >= 0.3 is 6.03 Å². The Labute approximate surface area is 168 Å². The van der Waals surface area contributed by atoms with Gasteiger partial charge in [0, 0.05) is 24.5 Å². The maximum atomic E-state index is 12.6. The number of hydrogen-bond acceptors (Lipinski definition) is 5. The van der Waals surface area contributed by atoms with Crippen LogP contribution in [0.25, 0.3) is 0 Å². The summed E-state index contributed by atoms with van der Waals surface area (Å²) in [6.45, 7) is 4.82. The molecular weight excluding hydrogens is 376 g/mol. The zero-order chi connectivity index (χ0) is 20.1. The number of amides is 3. The van der Waals surface area contributed by atoms with Crippen molar-refractivity contribution in [3.8, 4) is 5.75 Å². The van der Waals surface area contributed by atoms with Crippen LogP contribution in [0.1, 0.15) is 16.8 Å². The van der Waals surface area contributed by atoms with Gasteiger partial charge in [0.1, 0.15) is 10.8 Å². The van der Waals surface area contributed by atoms with Crippen molar-refractivity contribution in [3.63, 3.8) is 0 Å². The maximum Gasteiger partial charge on any atom is 0.322 e.